The van der Waals surface area contributed by atoms with Crippen molar-refractivity contribution in [3.63, 3.8) is 0 Å². The van der Waals surface area contributed by atoms with Gasteiger partial charge in [-0.25, -0.2) is 4.79 Å². The number of fused-ring (bicyclic) bond motifs is 1. The molecule has 0 radical (unpaired) electrons. The molecule has 4 rings (SSSR count). The summed E-state index contributed by atoms with van der Waals surface area (Å²) in [7, 11) is 0. The molecule has 0 spiro atoms. The molecule has 2 N–H and O–H groups in total. The Morgan fingerprint density at radius 2 is 1.77 bits per heavy atom. The molecule has 166 valence electrons. The fourth-order valence-corrected chi connectivity index (χ4v) is 4.62. The molecule has 3 amide bonds. The minimum Gasteiger partial charge on any atom is -0.340 e. The van der Waals surface area contributed by atoms with Crippen LogP contribution in [0.5, 0.6) is 0 Å². The van der Waals surface area contributed by atoms with Crippen LogP contribution >= 0.6 is 0 Å². The summed E-state index contributed by atoms with van der Waals surface area (Å²) in [4.78, 5) is 33.4. The molecule has 1 aliphatic carbocycles. The molecular formula is C24H33N5O2. The number of pyridine rings is 1. The van der Waals surface area contributed by atoms with Gasteiger partial charge in [0.05, 0.1) is 5.52 Å². The molecule has 1 aromatic heterocycles. The highest BCUT2D eigenvalue weighted by atomic mass is 16.2. The van der Waals surface area contributed by atoms with E-state index in [1.54, 1.807) is 0 Å². The van der Waals surface area contributed by atoms with E-state index in [9.17, 15) is 9.59 Å². The zero-order valence-electron chi connectivity index (χ0n) is 18.2. The SMILES string of the molecule is O=C(NCCC(=O)N1CCN(Cc2cccc3cccnc23)CC1)NC1CCCCC1. The Morgan fingerprint density at radius 1 is 1.00 bits per heavy atom. The van der Waals surface area contributed by atoms with E-state index in [0.29, 0.717) is 13.0 Å². The minimum atomic E-state index is -0.145. The molecule has 7 heteroatoms. The Balaban J connectivity index is 1.17. The van der Waals surface area contributed by atoms with Crippen LogP contribution in [0.25, 0.3) is 10.9 Å². The number of hydrogen-bond donors (Lipinski definition) is 2. The Kier molecular flexibility index (Phi) is 7.35. The Labute approximate surface area is 184 Å². The lowest BCUT2D eigenvalue weighted by molar-refractivity contribution is -0.132. The molecule has 2 aliphatic rings. The number of piperazine rings is 1. The first-order chi connectivity index (χ1) is 15.2. The summed E-state index contributed by atoms with van der Waals surface area (Å²) in [6, 6.07) is 10.5. The van der Waals surface area contributed by atoms with Crippen LogP contribution in [0.2, 0.25) is 0 Å². The van der Waals surface area contributed by atoms with E-state index in [2.05, 4.69) is 44.8 Å². The third-order valence-corrected chi connectivity index (χ3v) is 6.40. The van der Waals surface area contributed by atoms with Crippen molar-refractivity contribution in [2.45, 2.75) is 51.1 Å². The number of nitrogens with zero attached hydrogens (tertiary/aromatic N) is 3. The maximum absolute atomic E-state index is 12.5. The van der Waals surface area contributed by atoms with Crippen LogP contribution in [-0.4, -0.2) is 65.5 Å². The van der Waals surface area contributed by atoms with E-state index < -0.39 is 0 Å². The van der Waals surface area contributed by atoms with Crippen molar-refractivity contribution in [2.75, 3.05) is 32.7 Å². The zero-order chi connectivity index (χ0) is 21.5. The van der Waals surface area contributed by atoms with Gasteiger partial charge in [-0.2, -0.15) is 0 Å². The molecule has 0 atom stereocenters. The van der Waals surface area contributed by atoms with Gasteiger partial charge in [0, 0.05) is 63.3 Å². The summed E-state index contributed by atoms with van der Waals surface area (Å²) >= 11 is 0. The van der Waals surface area contributed by atoms with E-state index in [-0.39, 0.29) is 18.0 Å². The smallest absolute Gasteiger partial charge is 0.315 e. The molecule has 7 nitrogen and oxygen atoms in total. The molecule has 2 aromatic rings. The van der Waals surface area contributed by atoms with Crippen molar-refractivity contribution < 1.29 is 9.59 Å². The van der Waals surface area contributed by atoms with Crippen LogP contribution in [0.4, 0.5) is 4.79 Å². The maximum Gasteiger partial charge on any atom is 0.315 e. The third kappa shape index (κ3) is 5.94. The molecule has 0 unspecified atom stereocenters. The molecular weight excluding hydrogens is 390 g/mol. The average Bonchev–Trinajstić information content (AvgIpc) is 2.80. The Morgan fingerprint density at radius 3 is 2.58 bits per heavy atom. The van der Waals surface area contributed by atoms with Crippen molar-refractivity contribution in [1.29, 1.82) is 0 Å². The number of rotatable bonds is 6. The molecule has 1 aromatic carbocycles. The van der Waals surface area contributed by atoms with Crippen LogP contribution in [0.3, 0.4) is 0 Å². The first-order valence-corrected chi connectivity index (χ1v) is 11.6. The zero-order valence-corrected chi connectivity index (χ0v) is 18.2. The predicted molar refractivity (Wildman–Crippen MR) is 122 cm³/mol. The number of urea groups is 1. The molecule has 31 heavy (non-hydrogen) atoms. The molecule has 2 heterocycles. The fourth-order valence-electron chi connectivity index (χ4n) is 4.62. The van der Waals surface area contributed by atoms with Crippen molar-refractivity contribution in [3.05, 3.63) is 42.1 Å². The van der Waals surface area contributed by atoms with Crippen LogP contribution in [0.1, 0.15) is 44.1 Å². The van der Waals surface area contributed by atoms with Crippen molar-refractivity contribution in [3.8, 4) is 0 Å². The standard InChI is InChI=1S/C24H33N5O2/c30-22(11-13-26-24(31)27-21-9-2-1-3-10-21)29-16-14-28(15-17-29)18-20-7-4-6-19-8-5-12-25-23(19)20/h4-8,12,21H,1-3,9-11,13-18H2,(H2,26,27,31). The quantitative estimate of drug-likeness (QED) is 0.749. The van der Waals surface area contributed by atoms with E-state index in [0.717, 1.165) is 56.5 Å². The normalized spacial score (nSPS) is 18.1. The highest BCUT2D eigenvalue weighted by Gasteiger charge is 2.22. The van der Waals surface area contributed by atoms with Gasteiger partial charge in [-0.1, -0.05) is 43.5 Å². The monoisotopic (exact) mass is 423 g/mol. The third-order valence-electron chi connectivity index (χ3n) is 6.40. The number of nitrogens with one attached hydrogen (secondary N) is 2. The number of amides is 3. The summed E-state index contributed by atoms with van der Waals surface area (Å²) < 4.78 is 0. The van der Waals surface area contributed by atoms with Crippen LogP contribution in [0.15, 0.2) is 36.5 Å². The van der Waals surface area contributed by atoms with Crippen molar-refractivity contribution in [1.82, 2.24) is 25.4 Å². The fraction of sp³-hybridized carbons (Fsp3) is 0.542. The van der Waals surface area contributed by atoms with Crippen molar-refractivity contribution >= 4 is 22.8 Å². The van der Waals surface area contributed by atoms with Gasteiger partial charge in [0.1, 0.15) is 0 Å². The number of carbonyl (C=O) groups is 2. The Hall–Kier alpha value is -2.67. The van der Waals surface area contributed by atoms with E-state index in [4.69, 9.17) is 0 Å². The lowest BCUT2D eigenvalue weighted by Crippen LogP contribution is -2.49. The van der Waals surface area contributed by atoms with E-state index >= 15 is 0 Å². The number of hydrogen-bond acceptors (Lipinski definition) is 4. The van der Waals surface area contributed by atoms with E-state index in [1.165, 1.54) is 24.8 Å². The topological polar surface area (TPSA) is 77.6 Å². The van der Waals surface area contributed by atoms with Gasteiger partial charge in [0.15, 0.2) is 0 Å². The highest BCUT2D eigenvalue weighted by molar-refractivity contribution is 5.81. The summed E-state index contributed by atoms with van der Waals surface area (Å²) in [5.41, 5.74) is 2.28. The van der Waals surface area contributed by atoms with Crippen LogP contribution < -0.4 is 10.6 Å². The molecule has 0 bridgehead atoms. The van der Waals surface area contributed by atoms with Crippen molar-refractivity contribution in [2.24, 2.45) is 0 Å². The van der Waals surface area contributed by atoms with Gasteiger partial charge in [-0.15, -0.1) is 0 Å². The second-order valence-electron chi connectivity index (χ2n) is 8.63. The van der Waals surface area contributed by atoms with Gasteiger partial charge in [-0.05, 0) is 24.5 Å². The van der Waals surface area contributed by atoms with Gasteiger partial charge >= 0.3 is 6.03 Å². The number of carbonyl (C=O) groups excluding carboxylic acids is 2. The summed E-state index contributed by atoms with van der Waals surface area (Å²) in [6.45, 7) is 4.39. The van der Waals surface area contributed by atoms with Gasteiger partial charge in [0.25, 0.3) is 0 Å². The molecule has 1 saturated carbocycles. The molecule has 1 saturated heterocycles. The predicted octanol–water partition coefficient (Wildman–Crippen LogP) is 2.90. The highest BCUT2D eigenvalue weighted by Crippen LogP contribution is 2.19. The van der Waals surface area contributed by atoms with Gasteiger partial charge in [-0.3, -0.25) is 14.7 Å². The molecule has 1 aliphatic heterocycles. The summed E-state index contributed by atoms with van der Waals surface area (Å²) in [5, 5.41) is 7.03. The van der Waals surface area contributed by atoms with E-state index in [1.807, 2.05) is 17.2 Å². The number of aromatic nitrogens is 1. The summed E-state index contributed by atoms with van der Waals surface area (Å²) in [6.07, 6.45) is 7.95. The summed E-state index contributed by atoms with van der Waals surface area (Å²) in [5.74, 6) is 0.115. The van der Waals surface area contributed by atoms with Crippen LogP contribution in [-0.2, 0) is 11.3 Å². The average molecular weight is 424 g/mol. The first-order valence-electron chi connectivity index (χ1n) is 11.6. The minimum absolute atomic E-state index is 0.115. The van der Waals surface area contributed by atoms with Gasteiger partial charge in [0.2, 0.25) is 5.91 Å². The Bertz CT molecular complexity index is 883. The van der Waals surface area contributed by atoms with Crippen LogP contribution in [0, 0.1) is 0 Å². The first kappa shape index (κ1) is 21.6. The number of benzene rings is 1. The molecule has 2 fully saturated rings. The second-order valence-corrected chi connectivity index (χ2v) is 8.63. The lowest BCUT2D eigenvalue weighted by atomic mass is 9.96. The largest absolute Gasteiger partial charge is 0.340 e. The lowest BCUT2D eigenvalue weighted by Gasteiger charge is -2.35. The maximum atomic E-state index is 12.5. The van der Waals surface area contributed by atoms with Gasteiger partial charge < -0.3 is 15.5 Å². The number of para-hydroxylation sites is 1. The second kappa shape index (κ2) is 10.6.